The number of aromatic nitrogens is 4. The standard InChI is InChI=1S/C23H29N5O4/c1-5-32-21(30)17-7-6-12-27(14-17)22-24-19-18(20(29)26(4)23(31)25(19)3)28(22)13-16-10-8-15(2)9-11-16/h8-11,17H,5-7,12-14H2,1-4H3. The third-order valence-corrected chi connectivity index (χ3v) is 6.11. The zero-order valence-corrected chi connectivity index (χ0v) is 19.0. The fraction of sp³-hybridized carbons (Fsp3) is 0.478. The number of imidazole rings is 1. The maximum Gasteiger partial charge on any atom is 0.332 e. The summed E-state index contributed by atoms with van der Waals surface area (Å²) in [5, 5.41) is 0. The monoisotopic (exact) mass is 439 g/mol. The Bertz CT molecular complexity index is 1270. The first-order valence-corrected chi connectivity index (χ1v) is 10.9. The predicted octanol–water partition coefficient (Wildman–Crippen LogP) is 1.57. The molecule has 2 aromatic heterocycles. The summed E-state index contributed by atoms with van der Waals surface area (Å²) in [7, 11) is 3.10. The Morgan fingerprint density at radius 1 is 1.16 bits per heavy atom. The highest BCUT2D eigenvalue weighted by atomic mass is 16.5. The Hall–Kier alpha value is -3.36. The lowest BCUT2D eigenvalue weighted by molar-refractivity contribution is -0.148. The molecule has 0 radical (unpaired) electrons. The first-order chi connectivity index (χ1) is 15.3. The lowest BCUT2D eigenvalue weighted by Gasteiger charge is -2.32. The van der Waals surface area contributed by atoms with Gasteiger partial charge < -0.3 is 9.64 Å². The molecule has 1 aromatic carbocycles. The Kier molecular flexibility index (Phi) is 5.90. The number of carbonyl (C=O) groups is 1. The Morgan fingerprint density at radius 3 is 2.56 bits per heavy atom. The van der Waals surface area contributed by atoms with Gasteiger partial charge in [-0.3, -0.25) is 23.3 Å². The van der Waals surface area contributed by atoms with Crippen molar-refractivity contribution in [1.29, 1.82) is 0 Å². The summed E-state index contributed by atoms with van der Waals surface area (Å²) in [6, 6.07) is 8.10. The highest BCUT2D eigenvalue weighted by molar-refractivity contribution is 5.76. The molecule has 9 heteroatoms. The van der Waals surface area contributed by atoms with Crippen molar-refractivity contribution in [3.63, 3.8) is 0 Å². The summed E-state index contributed by atoms with van der Waals surface area (Å²) in [4.78, 5) is 44.8. The van der Waals surface area contributed by atoms with Crippen LogP contribution in [-0.2, 0) is 30.2 Å². The fourth-order valence-corrected chi connectivity index (χ4v) is 4.31. The summed E-state index contributed by atoms with van der Waals surface area (Å²) in [6.45, 7) is 5.78. The third-order valence-electron chi connectivity index (χ3n) is 6.11. The SMILES string of the molecule is CCOC(=O)C1CCCN(c2nc3c(c(=O)n(C)c(=O)n3C)n2Cc2ccc(C)cc2)C1. The minimum Gasteiger partial charge on any atom is -0.466 e. The number of hydrogen-bond donors (Lipinski definition) is 0. The molecule has 32 heavy (non-hydrogen) atoms. The summed E-state index contributed by atoms with van der Waals surface area (Å²) < 4.78 is 9.62. The van der Waals surface area contributed by atoms with Crippen molar-refractivity contribution in [3.05, 3.63) is 56.2 Å². The van der Waals surface area contributed by atoms with Gasteiger partial charge in [-0.2, -0.15) is 4.98 Å². The topological polar surface area (TPSA) is 91.4 Å². The highest BCUT2D eigenvalue weighted by Gasteiger charge is 2.31. The molecule has 1 aliphatic rings. The van der Waals surface area contributed by atoms with Crippen molar-refractivity contribution < 1.29 is 9.53 Å². The summed E-state index contributed by atoms with van der Waals surface area (Å²) in [5.41, 5.74) is 2.09. The molecule has 4 rings (SSSR count). The largest absolute Gasteiger partial charge is 0.466 e. The van der Waals surface area contributed by atoms with Crippen LogP contribution in [0.2, 0.25) is 0 Å². The average Bonchev–Trinajstić information content (AvgIpc) is 3.17. The molecule has 0 N–H and O–H groups in total. The van der Waals surface area contributed by atoms with E-state index in [0.29, 0.717) is 43.4 Å². The van der Waals surface area contributed by atoms with E-state index in [4.69, 9.17) is 9.72 Å². The quantitative estimate of drug-likeness (QED) is 0.561. The summed E-state index contributed by atoms with van der Waals surface area (Å²) in [5.74, 6) is 0.137. The number of hydrogen-bond acceptors (Lipinski definition) is 6. The van der Waals surface area contributed by atoms with E-state index in [1.165, 1.54) is 11.6 Å². The van der Waals surface area contributed by atoms with Crippen LogP contribution in [0.1, 0.15) is 30.9 Å². The molecule has 1 unspecified atom stereocenters. The van der Waals surface area contributed by atoms with Gasteiger partial charge in [-0.15, -0.1) is 0 Å². The van der Waals surface area contributed by atoms with Gasteiger partial charge in [0.05, 0.1) is 19.1 Å². The lowest BCUT2D eigenvalue weighted by atomic mass is 9.98. The molecule has 0 amide bonds. The second kappa shape index (κ2) is 8.64. The minimum absolute atomic E-state index is 0.207. The van der Waals surface area contributed by atoms with Crippen molar-refractivity contribution in [1.82, 2.24) is 18.7 Å². The number of piperidine rings is 1. The first kappa shape index (κ1) is 21.9. The van der Waals surface area contributed by atoms with Crippen LogP contribution < -0.4 is 16.1 Å². The van der Waals surface area contributed by atoms with Gasteiger partial charge in [0.15, 0.2) is 11.2 Å². The number of nitrogens with zero attached hydrogens (tertiary/aromatic N) is 5. The molecule has 1 fully saturated rings. The molecular weight excluding hydrogens is 410 g/mol. The second-order valence-corrected chi connectivity index (χ2v) is 8.40. The molecule has 1 aliphatic heterocycles. The van der Waals surface area contributed by atoms with E-state index < -0.39 is 5.69 Å². The Labute approximate surface area is 185 Å². The van der Waals surface area contributed by atoms with Gasteiger partial charge in [0.25, 0.3) is 5.56 Å². The van der Waals surface area contributed by atoms with Gasteiger partial charge >= 0.3 is 11.7 Å². The van der Waals surface area contributed by atoms with E-state index in [-0.39, 0.29) is 17.4 Å². The van der Waals surface area contributed by atoms with Gasteiger partial charge in [0, 0.05) is 27.2 Å². The number of fused-ring (bicyclic) bond motifs is 1. The second-order valence-electron chi connectivity index (χ2n) is 8.40. The summed E-state index contributed by atoms with van der Waals surface area (Å²) >= 11 is 0. The smallest absolute Gasteiger partial charge is 0.332 e. The van der Waals surface area contributed by atoms with Crippen LogP contribution in [0.15, 0.2) is 33.9 Å². The van der Waals surface area contributed by atoms with E-state index in [2.05, 4.69) is 0 Å². The van der Waals surface area contributed by atoms with Crippen molar-refractivity contribution in [2.45, 2.75) is 33.2 Å². The van der Waals surface area contributed by atoms with Crippen molar-refractivity contribution >= 4 is 23.1 Å². The third kappa shape index (κ3) is 3.83. The van der Waals surface area contributed by atoms with Crippen LogP contribution in [0, 0.1) is 12.8 Å². The molecule has 1 atom stereocenters. The molecule has 3 aromatic rings. The normalized spacial score (nSPS) is 16.5. The number of ether oxygens (including phenoxy) is 1. The van der Waals surface area contributed by atoms with Crippen LogP contribution >= 0.6 is 0 Å². The lowest BCUT2D eigenvalue weighted by Crippen LogP contribution is -2.41. The number of benzene rings is 1. The first-order valence-electron chi connectivity index (χ1n) is 10.9. The number of esters is 1. The molecule has 170 valence electrons. The minimum atomic E-state index is -0.419. The van der Waals surface area contributed by atoms with Crippen LogP contribution in [-0.4, -0.2) is 44.4 Å². The van der Waals surface area contributed by atoms with Gasteiger partial charge in [-0.05, 0) is 32.3 Å². The molecule has 0 aliphatic carbocycles. The van der Waals surface area contributed by atoms with Gasteiger partial charge in [-0.25, -0.2) is 4.79 Å². The van der Waals surface area contributed by atoms with Crippen LogP contribution in [0.25, 0.3) is 11.2 Å². The van der Waals surface area contributed by atoms with E-state index in [1.807, 2.05) is 40.7 Å². The fourth-order valence-electron chi connectivity index (χ4n) is 4.31. The number of carbonyl (C=O) groups excluding carboxylic acids is 1. The maximum absolute atomic E-state index is 13.1. The van der Waals surface area contributed by atoms with E-state index in [9.17, 15) is 14.4 Å². The zero-order chi connectivity index (χ0) is 23.0. The predicted molar refractivity (Wildman–Crippen MR) is 122 cm³/mol. The Balaban J connectivity index is 1.85. The van der Waals surface area contributed by atoms with E-state index in [0.717, 1.165) is 28.5 Å². The number of anilines is 1. The molecular formula is C23H29N5O4. The van der Waals surface area contributed by atoms with Gasteiger partial charge in [-0.1, -0.05) is 29.8 Å². The molecule has 3 heterocycles. The Morgan fingerprint density at radius 2 is 1.88 bits per heavy atom. The van der Waals surface area contributed by atoms with Crippen molar-refractivity contribution in [2.75, 3.05) is 24.6 Å². The zero-order valence-electron chi connectivity index (χ0n) is 19.0. The van der Waals surface area contributed by atoms with E-state index >= 15 is 0 Å². The number of rotatable bonds is 5. The van der Waals surface area contributed by atoms with Crippen LogP contribution in [0.5, 0.6) is 0 Å². The molecule has 9 nitrogen and oxygen atoms in total. The van der Waals surface area contributed by atoms with Crippen molar-refractivity contribution in [3.8, 4) is 0 Å². The van der Waals surface area contributed by atoms with Gasteiger partial charge in [0.1, 0.15) is 0 Å². The molecule has 0 saturated carbocycles. The molecule has 0 bridgehead atoms. The van der Waals surface area contributed by atoms with Crippen molar-refractivity contribution in [2.24, 2.45) is 20.0 Å². The summed E-state index contributed by atoms with van der Waals surface area (Å²) in [6.07, 6.45) is 1.57. The van der Waals surface area contributed by atoms with Crippen LogP contribution in [0.4, 0.5) is 5.95 Å². The van der Waals surface area contributed by atoms with Gasteiger partial charge in [0.2, 0.25) is 5.95 Å². The highest BCUT2D eigenvalue weighted by Crippen LogP contribution is 2.27. The maximum atomic E-state index is 13.1. The van der Waals surface area contributed by atoms with Crippen LogP contribution in [0.3, 0.4) is 0 Å². The molecule has 0 spiro atoms. The molecule has 1 saturated heterocycles. The van der Waals surface area contributed by atoms with E-state index in [1.54, 1.807) is 14.0 Å². The average molecular weight is 440 g/mol. The number of aryl methyl sites for hydroxylation is 2.